The van der Waals surface area contributed by atoms with E-state index in [4.69, 9.17) is 0 Å². The summed E-state index contributed by atoms with van der Waals surface area (Å²) in [5.74, 6) is -4.71. The van der Waals surface area contributed by atoms with Crippen molar-refractivity contribution in [3.05, 3.63) is 53.0 Å². The monoisotopic (exact) mass is 266 g/mol. The minimum Gasteiger partial charge on any atom is -0.543 e. The second kappa shape index (κ2) is 4.72. The van der Waals surface area contributed by atoms with Crippen LogP contribution in [0.15, 0.2) is 24.3 Å². The van der Waals surface area contributed by atoms with Gasteiger partial charge in [-0.2, -0.15) is 0 Å². The molecule has 0 amide bonds. The number of hydrogen-bond donors (Lipinski definition) is 0. The number of carbonyl (C=O) groups excluding carboxylic acids is 1. The molecular formula is C13H7F3NO2-. The Morgan fingerprint density at radius 1 is 1.11 bits per heavy atom. The van der Waals surface area contributed by atoms with Gasteiger partial charge in [-0.1, -0.05) is 0 Å². The van der Waals surface area contributed by atoms with E-state index in [1.807, 2.05) is 0 Å². The van der Waals surface area contributed by atoms with Crippen LogP contribution in [0.4, 0.5) is 13.2 Å². The molecule has 0 aliphatic heterocycles. The number of carbonyl (C=O) groups is 1. The van der Waals surface area contributed by atoms with Gasteiger partial charge in [0.15, 0.2) is 0 Å². The van der Waals surface area contributed by atoms with Gasteiger partial charge in [-0.05, 0) is 36.8 Å². The van der Waals surface area contributed by atoms with Crippen LogP contribution < -0.4 is 5.11 Å². The molecule has 3 nitrogen and oxygen atoms in total. The van der Waals surface area contributed by atoms with E-state index < -0.39 is 40.4 Å². The van der Waals surface area contributed by atoms with Crippen molar-refractivity contribution in [1.29, 1.82) is 0 Å². The normalized spacial score (nSPS) is 10.5. The van der Waals surface area contributed by atoms with Crippen molar-refractivity contribution in [3.8, 4) is 11.3 Å². The fourth-order valence-corrected chi connectivity index (χ4v) is 1.66. The van der Waals surface area contributed by atoms with Crippen molar-refractivity contribution in [2.75, 3.05) is 0 Å². The number of aromatic nitrogens is 1. The average molecular weight is 266 g/mol. The van der Waals surface area contributed by atoms with Gasteiger partial charge in [0, 0.05) is 0 Å². The van der Waals surface area contributed by atoms with Crippen LogP contribution in [0.3, 0.4) is 0 Å². The van der Waals surface area contributed by atoms with Crippen molar-refractivity contribution in [1.82, 2.24) is 4.98 Å². The molecule has 0 N–H and O–H groups in total. The number of nitrogens with zero attached hydrogens (tertiary/aromatic N) is 1. The molecular weight excluding hydrogens is 259 g/mol. The van der Waals surface area contributed by atoms with Gasteiger partial charge in [-0.3, -0.25) is 0 Å². The third-order valence-electron chi connectivity index (χ3n) is 2.48. The van der Waals surface area contributed by atoms with Gasteiger partial charge in [0.1, 0.15) is 23.1 Å². The molecule has 0 atom stereocenters. The lowest BCUT2D eigenvalue weighted by atomic mass is 10.1. The molecule has 1 aromatic heterocycles. The minimum atomic E-state index is -1.66. The zero-order valence-corrected chi connectivity index (χ0v) is 9.71. The highest BCUT2D eigenvalue weighted by atomic mass is 19.1. The molecule has 0 saturated heterocycles. The average Bonchev–Trinajstić information content (AvgIpc) is 2.29. The third-order valence-corrected chi connectivity index (χ3v) is 2.48. The maximum atomic E-state index is 13.7. The van der Waals surface area contributed by atoms with Crippen LogP contribution in [0.1, 0.15) is 16.1 Å². The Bertz CT molecular complexity index is 648. The Kier molecular flexibility index (Phi) is 3.25. The standard InChI is InChI=1S/C13H8F3NO2/c1-6-4-8(15)11(9(16)5-6)12-7(14)2-3-10(17-12)13(18)19/h2-5H,1H3,(H,18,19)/p-1. The van der Waals surface area contributed by atoms with E-state index >= 15 is 0 Å². The minimum absolute atomic E-state index is 0.315. The van der Waals surface area contributed by atoms with Gasteiger partial charge in [-0.25, -0.2) is 18.2 Å². The summed E-state index contributed by atoms with van der Waals surface area (Å²) in [6, 6.07) is 3.64. The molecule has 0 bridgehead atoms. The lowest BCUT2D eigenvalue weighted by Gasteiger charge is -2.09. The summed E-state index contributed by atoms with van der Waals surface area (Å²) >= 11 is 0. The Hall–Kier alpha value is -2.37. The largest absolute Gasteiger partial charge is 0.543 e. The predicted octanol–water partition coefficient (Wildman–Crippen LogP) is 1.84. The molecule has 0 aliphatic carbocycles. The first-order valence-corrected chi connectivity index (χ1v) is 5.24. The van der Waals surface area contributed by atoms with Crippen LogP contribution in [0.5, 0.6) is 0 Å². The number of halogens is 3. The molecule has 1 aromatic carbocycles. The van der Waals surface area contributed by atoms with Crippen molar-refractivity contribution < 1.29 is 23.1 Å². The number of aryl methyl sites for hydroxylation is 1. The zero-order chi connectivity index (χ0) is 14.2. The Morgan fingerprint density at radius 2 is 1.68 bits per heavy atom. The summed E-state index contributed by atoms with van der Waals surface area (Å²) in [7, 11) is 0. The summed E-state index contributed by atoms with van der Waals surface area (Å²) in [6.45, 7) is 1.47. The quantitative estimate of drug-likeness (QED) is 0.833. The SMILES string of the molecule is Cc1cc(F)c(-c2nc(C(=O)[O-])ccc2F)c(F)c1. The van der Waals surface area contributed by atoms with Gasteiger partial charge < -0.3 is 9.90 Å². The maximum absolute atomic E-state index is 13.7. The van der Waals surface area contributed by atoms with Crippen LogP contribution in [-0.4, -0.2) is 11.0 Å². The van der Waals surface area contributed by atoms with E-state index in [-0.39, 0.29) is 0 Å². The third kappa shape index (κ3) is 2.42. The van der Waals surface area contributed by atoms with Gasteiger partial charge in [0.05, 0.1) is 17.2 Å². The lowest BCUT2D eigenvalue weighted by Crippen LogP contribution is -2.23. The number of carboxylic acids is 1. The summed E-state index contributed by atoms with van der Waals surface area (Å²) in [6.07, 6.45) is 0. The molecule has 0 aliphatic rings. The van der Waals surface area contributed by atoms with Gasteiger partial charge >= 0.3 is 0 Å². The van der Waals surface area contributed by atoms with Crippen LogP contribution in [0.2, 0.25) is 0 Å². The van der Waals surface area contributed by atoms with E-state index in [9.17, 15) is 23.1 Å². The number of benzene rings is 1. The second-order valence-electron chi connectivity index (χ2n) is 3.92. The molecule has 0 spiro atoms. The number of carboxylic acid groups (broad SMARTS) is 1. The topological polar surface area (TPSA) is 53.0 Å². The molecule has 0 saturated carbocycles. The van der Waals surface area contributed by atoms with Gasteiger partial charge in [-0.15, -0.1) is 0 Å². The highest BCUT2D eigenvalue weighted by Crippen LogP contribution is 2.27. The molecule has 0 fully saturated rings. The predicted molar refractivity (Wildman–Crippen MR) is 58.6 cm³/mol. The highest BCUT2D eigenvalue weighted by molar-refractivity contribution is 5.84. The zero-order valence-electron chi connectivity index (χ0n) is 9.71. The molecule has 2 aromatic rings. The van der Waals surface area contributed by atoms with Crippen LogP contribution in [-0.2, 0) is 0 Å². The molecule has 1 heterocycles. The molecule has 6 heteroatoms. The first-order valence-electron chi connectivity index (χ1n) is 5.24. The lowest BCUT2D eigenvalue weighted by molar-refractivity contribution is -0.255. The van der Waals surface area contributed by atoms with Gasteiger partial charge in [0.25, 0.3) is 0 Å². The van der Waals surface area contributed by atoms with Crippen molar-refractivity contribution in [2.24, 2.45) is 0 Å². The molecule has 0 unspecified atom stereocenters. The van der Waals surface area contributed by atoms with E-state index in [1.165, 1.54) is 6.92 Å². The smallest absolute Gasteiger partial charge is 0.149 e. The van der Waals surface area contributed by atoms with Gasteiger partial charge in [0.2, 0.25) is 0 Å². The molecule has 19 heavy (non-hydrogen) atoms. The first kappa shape index (κ1) is 13.1. The molecule has 0 radical (unpaired) electrons. The summed E-state index contributed by atoms with van der Waals surface area (Å²) in [5, 5.41) is 10.6. The van der Waals surface area contributed by atoms with Crippen molar-refractivity contribution in [2.45, 2.75) is 6.92 Å². The summed E-state index contributed by atoms with van der Waals surface area (Å²) < 4.78 is 41.0. The van der Waals surface area contributed by atoms with Crippen molar-refractivity contribution >= 4 is 5.97 Å². The first-order chi connectivity index (χ1) is 8.90. The van der Waals surface area contributed by atoms with E-state index in [0.29, 0.717) is 5.56 Å². The van der Waals surface area contributed by atoms with Crippen LogP contribution >= 0.6 is 0 Å². The van der Waals surface area contributed by atoms with Crippen molar-refractivity contribution in [3.63, 3.8) is 0 Å². The Morgan fingerprint density at radius 3 is 2.21 bits per heavy atom. The van der Waals surface area contributed by atoms with E-state index in [1.54, 1.807) is 0 Å². The summed E-state index contributed by atoms with van der Waals surface area (Å²) in [4.78, 5) is 14.0. The number of aromatic carboxylic acids is 1. The Balaban J connectivity index is 2.71. The fourth-order valence-electron chi connectivity index (χ4n) is 1.66. The number of rotatable bonds is 2. The second-order valence-corrected chi connectivity index (χ2v) is 3.92. The van der Waals surface area contributed by atoms with E-state index in [2.05, 4.69) is 4.98 Å². The summed E-state index contributed by atoms with van der Waals surface area (Å²) in [5.41, 5.74) is -1.69. The molecule has 2 rings (SSSR count). The highest BCUT2D eigenvalue weighted by Gasteiger charge is 2.18. The Labute approximate surface area is 106 Å². The number of hydrogen-bond acceptors (Lipinski definition) is 3. The maximum Gasteiger partial charge on any atom is 0.149 e. The number of pyridine rings is 1. The molecule has 98 valence electrons. The fraction of sp³-hybridized carbons (Fsp3) is 0.0769. The van der Waals surface area contributed by atoms with Crippen LogP contribution in [0.25, 0.3) is 11.3 Å². The van der Waals surface area contributed by atoms with E-state index in [0.717, 1.165) is 24.3 Å². The van der Waals surface area contributed by atoms with Crippen LogP contribution in [0, 0.1) is 24.4 Å².